The summed E-state index contributed by atoms with van der Waals surface area (Å²) >= 11 is 5.99. The number of pyridine rings is 1. The molecule has 0 saturated carbocycles. The van der Waals surface area contributed by atoms with Crippen LogP contribution in [-0.2, 0) is 28.0 Å². The van der Waals surface area contributed by atoms with Crippen LogP contribution in [0.4, 0.5) is 10.2 Å². The van der Waals surface area contributed by atoms with Crippen molar-refractivity contribution in [1.29, 1.82) is 0 Å². The van der Waals surface area contributed by atoms with Crippen molar-refractivity contribution in [3.63, 3.8) is 0 Å². The Morgan fingerprint density at radius 3 is 2.79 bits per heavy atom. The summed E-state index contributed by atoms with van der Waals surface area (Å²) in [6, 6.07) is 7.85. The number of rotatable bonds is 7. The van der Waals surface area contributed by atoms with E-state index in [9.17, 15) is 12.8 Å². The second-order valence-corrected chi connectivity index (χ2v) is 8.67. The fourth-order valence-corrected chi connectivity index (χ4v) is 3.90. The SMILES string of the molecule is CN(Cc1c(F)cccc1Cl)S(=O)(=O)NCc1ccnc(N2CCOCC2)c1. The van der Waals surface area contributed by atoms with Crippen LogP contribution in [0.15, 0.2) is 36.5 Å². The lowest BCUT2D eigenvalue weighted by molar-refractivity contribution is 0.122. The summed E-state index contributed by atoms with van der Waals surface area (Å²) in [6.07, 6.45) is 1.65. The highest BCUT2D eigenvalue weighted by atomic mass is 35.5. The first-order valence-corrected chi connectivity index (χ1v) is 10.6. The minimum atomic E-state index is -3.82. The largest absolute Gasteiger partial charge is 0.378 e. The van der Waals surface area contributed by atoms with Crippen molar-refractivity contribution < 1.29 is 17.5 Å². The molecule has 1 aromatic carbocycles. The molecule has 0 amide bonds. The average Bonchev–Trinajstić information content (AvgIpc) is 2.70. The summed E-state index contributed by atoms with van der Waals surface area (Å²) in [7, 11) is -2.45. The molecule has 0 radical (unpaired) electrons. The predicted molar refractivity (Wildman–Crippen MR) is 106 cm³/mol. The number of halogens is 2. The highest BCUT2D eigenvalue weighted by Gasteiger charge is 2.21. The van der Waals surface area contributed by atoms with Crippen LogP contribution in [0.2, 0.25) is 5.02 Å². The van der Waals surface area contributed by atoms with Crippen molar-refractivity contribution >= 4 is 27.6 Å². The Balaban J connectivity index is 1.64. The monoisotopic (exact) mass is 428 g/mol. The first-order chi connectivity index (χ1) is 13.4. The number of hydrogen-bond donors (Lipinski definition) is 1. The van der Waals surface area contributed by atoms with Gasteiger partial charge in [0.15, 0.2) is 0 Å². The second-order valence-electron chi connectivity index (χ2n) is 6.40. The van der Waals surface area contributed by atoms with E-state index < -0.39 is 16.0 Å². The molecule has 7 nitrogen and oxygen atoms in total. The number of nitrogens with one attached hydrogen (secondary N) is 1. The molecule has 0 spiro atoms. The van der Waals surface area contributed by atoms with Crippen molar-refractivity contribution in [3.05, 3.63) is 58.5 Å². The van der Waals surface area contributed by atoms with Gasteiger partial charge in [-0.3, -0.25) is 0 Å². The molecule has 1 aliphatic rings. The molecule has 0 unspecified atom stereocenters. The van der Waals surface area contributed by atoms with Gasteiger partial charge in [0.05, 0.1) is 13.2 Å². The van der Waals surface area contributed by atoms with Crippen molar-refractivity contribution in [2.24, 2.45) is 0 Å². The Kier molecular flexibility index (Phi) is 6.84. The standard InChI is InChI=1S/C18H22ClFN4O3S/c1-23(13-15-16(19)3-2-4-17(15)20)28(25,26)22-12-14-5-6-21-18(11-14)24-7-9-27-10-8-24/h2-6,11,22H,7-10,12-13H2,1H3. The molecule has 0 atom stereocenters. The van der Waals surface area contributed by atoms with Crippen LogP contribution in [0.5, 0.6) is 0 Å². The number of aromatic nitrogens is 1. The quantitative estimate of drug-likeness (QED) is 0.731. The van der Waals surface area contributed by atoms with Gasteiger partial charge in [-0.2, -0.15) is 17.4 Å². The minimum Gasteiger partial charge on any atom is -0.378 e. The van der Waals surface area contributed by atoms with Gasteiger partial charge in [0, 0.05) is 50.0 Å². The van der Waals surface area contributed by atoms with E-state index in [-0.39, 0.29) is 23.7 Å². The Hall–Kier alpha value is -1.78. The Morgan fingerprint density at radius 1 is 1.32 bits per heavy atom. The molecule has 3 rings (SSSR count). The molecule has 10 heteroatoms. The smallest absolute Gasteiger partial charge is 0.279 e. The topological polar surface area (TPSA) is 74.8 Å². The third kappa shape index (κ3) is 5.18. The first-order valence-electron chi connectivity index (χ1n) is 8.78. The third-order valence-electron chi connectivity index (χ3n) is 4.46. The maximum Gasteiger partial charge on any atom is 0.279 e. The van der Waals surface area contributed by atoms with Crippen LogP contribution >= 0.6 is 11.6 Å². The number of anilines is 1. The van der Waals surface area contributed by atoms with Gasteiger partial charge in [-0.15, -0.1) is 0 Å². The van der Waals surface area contributed by atoms with Crippen LogP contribution in [0.25, 0.3) is 0 Å². The van der Waals surface area contributed by atoms with E-state index >= 15 is 0 Å². The molecule has 152 valence electrons. The van der Waals surface area contributed by atoms with E-state index in [0.29, 0.717) is 13.2 Å². The van der Waals surface area contributed by atoms with Gasteiger partial charge in [-0.1, -0.05) is 17.7 Å². The summed E-state index contributed by atoms with van der Waals surface area (Å²) in [5.74, 6) is 0.241. The van der Waals surface area contributed by atoms with E-state index in [1.807, 2.05) is 6.07 Å². The fraction of sp³-hybridized carbons (Fsp3) is 0.389. The summed E-state index contributed by atoms with van der Waals surface area (Å²) < 4.78 is 47.9. The number of morpholine rings is 1. The van der Waals surface area contributed by atoms with E-state index in [0.717, 1.165) is 28.8 Å². The van der Waals surface area contributed by atoms with Gasteiger partial charge in [0.25, 0.3) is 10.2 Å². The lowest BCUT2D eigenvalue weighted by Gasteiger charge is -2.28. The van der Waals surface area contributed by atoms with Crippen molar-refractivity contribution in [1.82, 2.24) is 14.0 Å². The summed E-state index contributed by atoms with van der Waals surface area (Å²) in [5.41, 5.74) is 0.910. The van der Waals surface area contributed by atoms with Crippen molar-refractivity contribution in [2.75, 3.05) is 38.3 Å². The zero-order valence-corrected chi connectivity index (χ0v) is 17.0. The van der Waals surface area contributed by atoms with Gasteiger partial charge in [0.1, 0.15) is 11.6 Å². The van der Waals surface area contributed by atoms with Gasteiger partial charge in [-0.05, 0) is 29.8 Å². The third-order valence-corrected chi connectivity index (χ3v) is 6.27. The van der Waals surface area contributed by atoms with E-state index in [1.54, 1.807) is 12.3 Å². The molecule has 1 saturated heterocycles. The highest BCUT2D eigenvalue weighted by Crippen LogP contribution is 2.21. The summed E-state index contributed by atoms with van der Waals surface area (Å²) in [6.45, 7) is 2.69. The van der Waals surface area contributed by atoms with Crippen LogP contribution in [0, 0.1) is 5.82 Å². The van der Waals surface area contributed by atoms with Crippen molar-refractivity contribution in [2.45, 2.75) is 13.1 Å². The first kappa shape index (κ1) is 20.9. The van der Waals surface area contributed by atoms with E-state index in [2.05, 4.69) is 14.6 Å². The van der Waals surface area contributed by atoms with Crippen LogP contribution in [-0.4, -0.2) is 51.1 Å². The molecule has 0 bridgehead atoms. The lowest BCUT2D eigenvalue weighted by Crippen LogP contribution is -2.38. The van der Waals surface area contributed by atoms with Gasteiger partial charge in [0.2, 0.25) is 0 Å². The van der Waals surface area contributed by atoms with Gasteiger partial charge < -0.3 is 9.64 Å². The number of benzene rings is 1. The molecule has 2 heterocycles. The van der Waals surface area contributed by atoms with Crippen LogP contribution in [0.1, 0.15) is 11.1 Å². The normalized spacial score (nSPS) is 15.2. The molecule has 2 aromatic rings. The maximum atomic E-state index is 13.9. The molecule has 28 heavy (non-hydrogen) atoms. The minimum absolute atomic E-state index is 0.0948. The molecular formula is C18H22ClFN4O3S. The van der Waals surface area contributed by atoms with E-state index in [4.69, 9.17) is 16.3 Å². The number of hydrogen-bond acceptors (Lipinski definition) is 5. The van der Waals surface area contributed by atoms with Crippen LogP contribution in [0.3, 0.4) is 0 Å². The zero-order valence-electron chi connectivity index (χ0n) is 15.4. The molecule has 1 N–H and O–H groups in total. The van der Waals surface area contributed by atoms with Crippen molar-refractivity contribution in [3.8, 4) is 0 Å². The fourth-order valence-electron chi connectivity index (χ4n) is 2.81. The number of ether oxygens (including phenoxy) is 1. The zero-order chi connectivity index (χ0) is 20.1. The van der Waals surface area contributed by atoms with Gasteiger partial charge in [-0.25, -0.2) is 9.37 Å². The van der Waals surface area contributed by atoms with Crippen LogP contribution < -0.4 is 9.62 Å². The molecule has 1 aromatic heterocycles. The average molecular weight is 429 g/mol. The molecule has 1 aliphatic heterocycles. The highest BCUT2D eigenvalue weighted by molar-refractivity contribution is 7.87. The maximum absolute atomic E-state index is 13.9. The molecular weight excluding hydrogens is 407 g/mol. The lowest BCUT2D eigenvalue weighted by atomic mass is 10.2. The number of nitrogens with zero attached hydrogens (tertiary/aromatic N) is 3. The molecule has 1 fully saturated rings. The summed E-state index contributed by atoms with van der Waals surface area (Å²) in [5, 5.41) is 0.186. The summed E-state index contributed by atoms with van der Waals surface area (Å²) in [4.78, 5) is 6.44. The second kappa shape index (κ2) is 9.15. The van der Waals surface area contributed by atoms with Gasteiger partial charge >= 0.3 is 0 Å². The molecule has 0 aliphatic carbocycles. The Morgan fingerprint density at radius 2 is 2.07 bits per heavy atom. The predicted octanol–water partition coefficient (Wildman–Crippen LogP) is 2.18. The Labute approximate surface area is 169 Å². The Bertz CT molecular complexity index is 903. The van der Waals surface area contributed by atoms with E-state index in [1.165, 1.54) is 25.2 Å².